The molecule has 2 N–H and O–H groups in total. The Morgan fingerprint density at radius 2 is 1.70 bits per heavy atom. The number of amides is 2. The predicted octanol–water partition coefficient (Wildman–Crippen LogP) is 4.82. The zero-order chi connectivity index (χ0) is 24.3. The molecule has 33 heavy (non-hydrogen) atoms. The van der Waals surface area contributed by atoms with Gasteiger partial charge in [0.15, 0.2) is 5.13 Å². The largest absolute Gasteiger partial charge is 0.394 e. The van der Waals surface area contributed by atoms with Crippen molar-refractivity contribution >= 4 is 68.8 Å². The molecule has 0 aliphatic carbocycles. The number of aliphatic hydroxyl groups excluding tert-OH is 2. The van der Waals surface area contributed by atoms with E-state index in [9.17, 15) is 14.7 Å². The number of aliphatic hydroxyl groups is 2. The van der Waals surface area contributed by atoms with Crippen LogP contribution in [0.25, 0.3) is 0 Å². The average molecular weight is 529 g/mol. The predicted molar refractivity (Wildman–Crippen MR) is 131 cm³/mol. The summed E-state index contributed by atoms with van der Waals surface area (Å²) in [5.41, 5.74) is 0.823. The monoisotopic (exact) mass is 527 g/mol. The van der Waals surface area contributed by atoms with Crippen LogP contribution in [0.4, 0.5) is 10.8 Å². The maximum Gasteiger partial charge on any atom is 0.273 e. The summed E-state index contributed by atoms with van der Waals surface area (Å²) in [6.07, 6.45) is -1.07. The van der Waals surface area contributed by atoms with E-state index in [1.807, 2.05) is 0 Å². The molecule has 0 saturated carbocycles. The Morgan fingerprint density at radius 3 is 2.30 bits per heavy atom. The molecule has 0 radical (unpaired) electrons. The molecule has 7 nitrogen and oxygen atoms in total. The molecule has 1 unspecified atom stereocenters. The number of aromatic nitrogens is 1. The van der Waals surface area contributed by atoms with Crippen LogP contribution >= 0.6 is 46.1 Å². The molecule has 3 aromatic rings. The topological polar surface area (TPSA) is 94.0 Å². The van der Waals surface area contributed by atoms with Gasteiger partial charge in [-0.2, -0.15) is 0 Å². The van der Waals surface area contributed by atoms with Gasteiger partial charge in [0, 0.05) is 28.5 Å². The van der Waals surface area contributed by atoms with Gasteiger partial charge in [-0.25, -0.2) is 4.98 Å². The summed E-state index contributed by atoms with van der Waals surface area (Å²) in [5, 5.41) is 20.0. The van der Waals surface area contributed by atoms with E-state index in [1.165, 1.54) is 29.0 Å². The van der Waals surface area contributed by atoms with E-state index < -0.39 is 24.5 Å². The number of aryl methyl sites for hydroxylation is 1. The van der Waals surface area contributed by atoms with Crippen LogP contribution in [-0.4, -0.2) is 58.2 Å². The van der Waals surface area contributed by atoms with Gasteiger partial charge >= 0.3 is 0 Å². The van der Waals surface area contributed by atoms with Crippen molar-refractivity contribution in [3.63, 3.8) is 0 Å². The zero-order valence-corrected chi connectivity index (χ0v) is 20.7. The summed E-state index contributed by atoms with van der Waals surface area (Å²) in [5.74, 6) is -0.911. The van der Waals surface area contributed by atoms with Gasteiger partial charge in [0.1, 0.15) is 5.69 Å². The van der Waals surface area contributed by atoms with Crippen LogP contribution < -0.4 is 4.90 Å². The van der Waals surface area contributed by atoms with Crippen molar-refractivity contribution in [2.45, 2.75) is 13.0 Å². The average Bonchev–Trinajstić information content (AvgIpc) is 3.15. The molecule has 0 spiro atoms. The van der Waals surface area contributed by atoms with E-state index in [1.54, 1.807) is 37.3 Å². The summed E-state index contributed by atoms with van der Waals surface area (Å²) in [7, 11) is 1.50. The molecular formula is C22H20Cl3N3O4S. The van der Waals surface area contributed by atoms with Crippen molar-refractivity contribution in [3.05, 3.63) is 73.7 Å². The summed E-state index contributed by atoms with van der Waals surface area (Å²) >= 11 is 19.4. The molecule has 0 aliphatic heterocycles. The Morgan fingerprint density at radius 1 is 1.06 bits per heavy atom. The molecule has 1 heterocycles. The quantitative estimate of drug-likeness (QED) is 0.459. The van der Waals surface area contributed by atoms with Crippen LogP contribution in [0.1, 0.15) is 25.7 Å². The number of likely N-dealkylation sites (N-methyl/N-ethyl adjacent to an activating group) is 1. The lowest BCUT2D eigenvalue weighted by Gasteiger charge is -2.21. The van der Waals surface area contributed by atoms with Gasteiger partial charge in [-0.1, -0.05) is 34.8 Å². The lowest BCUT2D eigenvalue weighted by molar-refractivity contribution is 0.0516. The third kappa shape index (κ3) is 5.84. The first-order valence-corrected chi connectivity index (χ1v) is 11.6. The highest BCUT2D eigenvalue weighted by Crippen LogP contribution is 2.35. The number of hydrogen-bond acceptors (Lipinski definition) is 6. The molecule has 11 heteroatoms. The summed E-state index contributed by atoms with van der Waals surface area (Å²) < 4.78 is 0. The Labute approximate surface area is 209 Å². The second kappa shape index (κ2) is 10.8. The molecule has 0 fully saturated rings. The van der Waals surface area contributed by atoms with E-state index in [4.69, 9.17) is 39.9 Å². The lowest BCUT2D eigenvalue weighted by atomic mass is 10.2. The van der Waals surface area contributed by atoms with E-state index in [0.29, 0.717) is 20.6 Å². The van der Waals surface area contributed by atoms with E-state index in [2.05, 4.69) is 4.98 Å². The van der Waals surface area contributed by atoms with Crippen molar-refractivity contribution in [1.82, 2.24) is 9.88 Å². The number of hydrogen-bond donors (Lipinski definition) is 2. The minimum absolute atomic E-state index is 0.0676. The number of nitrogens with zero attached hydrogens (tertiary/aromatic N) is 3. The first-order chi connectivity index (χ1) is 15.6. The second-order valence-corrected chi connectivity index (χ2v) is 9.63. The van der Waals surface area contributed by atoms with Gasteiger partial charge in [0.25, 0.3) is 11.8 Å². The SMILES string of the molecule is Cc1sc(N(C(=O)c2ccc(Cl)cc2Cl)c2ccc(Cl)cc2)nc1C(=O)N(C)CC(O)CO. The number of thiazole rings is 1. The number of rotatable bonds is 7. The third-order valence-corrected chi connectivity index (χ3v) is 6.43. The van der Waals surface area contributed by atoms with Crippen molar-refractivity contribution < 1.29 is 19.8 Å². The van der Waals surface area contributed by atoms with Crippen molar-refractivity contribution in [1.29, 1.82) is 0 Å². The Hall–Kier alpha value is -2.20. The molecule has 0 aliphatic rings. The lowest BCUT2D eigenvalue weighted by Crippen LogP contribution is -2.36. The molecule has 2 amide bonds. The molecular weight excluding hydrogens is 509 g/mol. The van der Waals surface area contributed by atoms with Gasteiger partial charge in [0.05, 0.1) is 29.0 Å². The Bertz CT molecular complexity index is 1170. The maximum atomic E-state index is 13.5. The van der Waals surface area contributed by atoms with Gasteiger partial charge in [0.2, 0.25) is 0 Å². The minimum atomic E-state index is -1.07. The fourth-order valence-electron chi connectivity index (χ4n) is 3.00. The highest BCUT2D eigenvalue weighted by atomic mass is 35.5. The molecule has 0 bridgehead atoms. The maximum absolute atomic E-state index is 13.5. The summed E-state index contributed by atoms with van der Waals surface area (Å²) in [6.45, 7) is 1.17. The number of carbonyl (C=O) groups is 2. The van der Waals surface area contributed by atoms with Crippen LogP contribution in [0.3, 0.4) is 0 Å². The third-order valence-electron chi connectivity index (χ3n) is 4.67. The van der Waals surface area contributed by atoms with Crippen LogP contribution in [-0.2, 0) is 0 Å². The Balaban J connectivity index is 2.05. The normalized spacial score (nSPS) is 11.8. The number of benzene rings is 2. The fourth-order valence-corrected chi connectivity index (χ4v) is 4.54. The van der Waals surface area contributed by atoms with Crippen LogP contribution in [0, 0.1) is 6.92 Å². The fraction of sp³-hybridized carbons (Fsp3) is 0.227. The molecule has 0 saturated heterocycles. The van der Waals surface area contributed by atoms with Crippen LogP contribution in [0.2, 0.25) is 15.1 Å². The minimum Gasteiger partial charge on any atom is -0.394 e. The van der Waals surface area contributed by atoms with Crippen molar-refractivity contribution in [2.75, 3.05) is 25.1 Å². The highest BCUT2D eigenvalue weighted by molar-refractivity contribution is 7.16. The molecule has 174 valence electrons. The zero-order valence-electron chi connectivity index (χ0n) is 17.6. The van der Waals surface area contributed by atoms with Gasteiger partial charge in [-0.15, -0.1) is 11.3 Å². The van der Waals surface area contributed by atoms with Crippen molar-refractivity contribution in [3.8, 4) is 0 Å². The molecule has 3 rings (SSSR count). The summed E-state index contributed by atoms with van der Waals surface area (Å²) in [4.78, 5) is 34.1. The van der Waals surface area contributed by atoms with Gasteiger partial charge in [-0.05, 0) is 49.4 Å². The number of halogens is 3. The van der Waals surface area contributed by atoms with Gasteiger partial charge in [-0.3, -0.25) is 14.5 Å². The second-order valence-electron chi connectivity index (χ2n) is 7.16. The van der Waals surface area contributed by atoms with E-state index >= 15 is 0 Å². The molecule has 2 aromatic carbocycles. The van der Waals surface area contributed by atoms with Crippen LogP contribution in [0.15, 0.2) is 42.5 Å². The van der Waals surface area contributed by atoms with Crippen LogP contribution in [0.5, 0.6) is 0 Å². The molecule has 1 atom stereocenters. The number of carbonyl (C=O) groups excluding carboxylic acids is 2. The standard InChI is InChI=1S/C22H20Cl3N3O4S/c1-12-19(21(32)27(2)10-16(30)11-29)26-22(33-12)28(15-6-3-13(23)4-7-15)20(31)17-8-5-14(24)9-18(17)25/h3-9,16,29-30H,10-11H2,1-2H3. The summed E-state index contributed by atoms with van der Waals surface area (Å²) in [6, 6.07) is 11.1. The first-order valence-electron chi connectivity index (χ1n) is 9.69. The smallest absolute Gasteiger partial charge is 0.273 e. The van der Waals surface area contributed by atoms with E-state index in [0.717, 1.165) is 11.3 Å². The van der Waals surface area contributed by atoms with Gasteiger partial charge < -0.3 is 15.1 Å². The first kappa shape index (κ1) is 25.4. The molecule has 1 aromatic heterocycles. The number of anilines is 2. The highest BCUT2D eigenvalue weighted by Gasteiger charge is 2.28. The van der Waals surface area contributed by atoms with Crippen molar-refractivity contribution in [2.24, 2.45) is 0 Å². The van der Waals surface area contributed by atoms with E-state index in [-0.39, 0.29) is 28.0 Å². The Kier molecular flexibility index (Phi) is 8.33.